The quantitative estimate of drug-likeness (QED) is 0.576. The van der Waals surface area contributed by atoms with Crippen LogP contribution in [-0.4, -0.2) is 45.4 Å². The van der Waals surface area contributed by atoms with Crippen molar-refractivity contribution in [3.63, 3.8) is 0 Å². The van der Waals surface area contributed by atoms with E-state index < -0.39 is 0 Å². The Balaban J connectivity index is 1.77. The number of amides is 1. The van der Waals surface area contributed by atoms with Crippen LogP contribution in [0.1, 0.15) is 49.6 Å². The molecule has 7 nitrogen and oxygen atoms in total. The third kappa shape index (κ3) is 4.59. The van der Waals surface area contributed by atoms with E-state index in [-0.39, 0.29) is 12.3 Å². The van der Waals surface area contributed by atoms with E-state index >= 15 is 0 Å². The van der Waals surface area contributed by atoms with Crippen LogP contribution < -0.4 is 5.32 Å². The highest BCUT2D eigenvalue weighted by Gasteiger charge is 2.21. The van der Waals surface area contributed by atoms with Crippen LogP contribution in [0.5, 0.6) is 0 Å². The van der Waals surface area contributed by atoms with Gasteiger partial charge in [-0.05, 0) is 61.8 Å². The van der Waals surface area contributed by atoms with E-state index in [1.807, 2.05) is 60.1 Å². The zero-order chi connectivity index (χ0) is 22.8. The number of hydrogen-bond donors (Lipinski definition) is 1. The molecule has 0 spiro atoms. The maximum Gasteiger partial charge on any atom is 0.230 e. The molecule has 4 rings (SSSR count). The molecule has 1 N–H and O–H groups in total. The van der Waals surface area contributed by atoms with Gasteiger partial charge in [0.05, 0.1) is 35.7 Å². The van der Waals surface area contributed by atoms with Crippen LogP contribution in [0, 0.1) is 0 Å². The summed E-state index contributed by atoms with van der Waals surface area (Å²) in [5.74, 6) is 1.02. The smallest absolute Gasteiger partial charge is 0.230 e. The molecule has 0 saturated carbocycles. The van der Waals surface area contributed by atoms with Crippen LogP contribution in [-0.2, 0) is 11.3 Å². The van der Waals surface area contributed by atoms with Crippen molar-refractivity contribution >= 4 is 34.6 Å². The lowest BCUT2D eigenvalue weighted by Gasteiger charge is -2.14. The lowest BCUT2D eigenvalue weighted by atomic mass is 9.97. The van der Waals surface area contributed by atoms with Crippen molar-refractivity contribution < 1.29 is 4.79 Å². The molecule has 1 aromatic heterocycles. The largest absolute Gasteiger partial charge is 0.324 e. The number of nitrogens with one attached hydrogen (secondary N) is 1. The maximum atomic E-state index is 12.6. The number of anilines is 1. The number of fused-ring (bicyclic) bond motifs is 1. The van der Waals surface area contributed by atoms with Gasteiger partial charge in [0.25, 0.3) is 0 Å². The molecule has 2 heterocycles. The summed E-state index contributed by atoms with van der Waals surface area (Å²) < 4.78 is 1.82. The lowest BCUT2D eigenvalue weighted by molar-refractivity contribution is -0.115. The van der Waals surface area contributed by atoms with Crippen molar-refractivity contribution in [2.24, 2.45) is 4.99 Å². The molecule has 1 aliphatic heterocycles. The summed E-state index contributed by atoms with van der Waals surface area (Å²) >= 11 is 6.50. The van der Waals surface area contributed by atoms with Gasteiger partial charge in [-0.25, -0.2) is 9.67 Å². The third-order valence-corrected chi connectivity index (χ3v) is 5.94. The number of aliphatic imine (C=N–C) groups is 1. The summed E-state index contributed by atoms with van der Waals surface area (Å²) in [4.78, 5) is 23.9. The molecule has 166 valence electrons. The standard InChI is InChI=1S/C24H27ClN6O/c1-5-15(2)18-10-21-22(11-19(18)25)29-24(32)12-20(28-21)16-7-6-8-17(9-16)31-23(13-30(3)4)26-14-27-31/h6-11,14-15H,5,12-13H2,1-4H3,(H,29,32). The van der Waals surface area contributed by atoms with Gasteiger partial charge in [-0.1, -0.05) is 37.6 Å². The molecule has 1 atom stereocenters. The van der Waals surface area contributed by atoms with Gasteiger partial charge in [0.2, 0.25) is 5.91 Å². The Morgan fingerprint density at radius 2 is 2.06 bits per heavy atom. The van der Waals surface area contributed by atoms with Crippen molar-refractivity contribution in [1.29, 1.82) is 0 Å². The number of carbonyl (C=O) groups excluding carboxylic acids is 1. The van der Waals surface area contributed by atoms with Crippen LogP contribution in [0.15, 0.2) is 47.7 Å². The topological polar surface area (TPSA) is 75.4 Å². The second-order valence-corrected chi connectivity index (χ2v) is 8.77. The van der Waals surface area contributed by atoms with E-state index in [2.05, 4.69) is 29.2 Å². The average molecular weight is 451 g/mol. The Bertz CT molecular complexity index is 1180. The summed E-state index contributed by atoms with van der Waals surface area (Å²) in [5.41, 5.74) is 4.86. The van der Waals surface area contributed by atoms with Gasteiger partial charge in [0.15, 0.2) is 0 Å². The number of nitrogens with zero attached hydrogens (tertiary/aromatic N) is 5. The molecule has 0 radical (unpaired) electrons. The highest BCUT2D eigenvalue weighted by molar-refractivity contribution is 6.32. The van der Waals surface area contributed by atoms with Crippen molar-refractivity contribution in [3.05, 3.63) is 64.7 Å². The first-order valence-electron chi connectivity index (χ1n) is 10.7. The molecule has 0 saturated heterocycles. The molecule has 3 aromatic rings. The Kier molecular flexibility index (Phi) is 6.39. The fraction of sp³-hybridized carbons (Fsp3) is 0.333. The second kappa shape index (κ2) is 9.22. The molecule has 8 heteroatoms. The first-order chi connectivity index (χ1) is 15.4. The third-order valence-electron chi connectivity index (χ3n) is 5.62. The fourth-order valence-electron chi connectivity index (χ4n) is 3.76. The Labute approximate surface area is 193 Å². The molecule has 0 bridgehead atoms. The zero-order valence-corrected chi connectivity index (χ0v) is 19.5. The number of rotatable bonds is 6. The zero-order valence-electron chi connectivity index (χ0n) is 18.8. The van der Waals surface area contributed by atoms with Gasteiger partial charge in [-0.3, -0.25) is 9.79 Å². The lowest BCUT2D eigenvalue weighted by Crippen LogP contribution is -2.16. The Morgan fingerprint density at radius 1 is 1.25 bits per heavy atom. The van der Waals surface area contributed by atoms with Gasteiger partial charge in [-0.15, -0.1) is 0 Å². The van der Waals surface area contributed by atoms with E-state index in [9.17, 15) is 4.79 Å². The van der Waals surface area contributed by atoms with E-state index in [4.69, 9.17) is 16.6 Å². The molecule has 0 aliphatic carbocycles. The van der Waals surface area contributed by atoms with Crippen molar-refractivity contribution in [2.75, 3.05) is 19.4 Å². The molecular weight excluding hydrogens is 424 g/mol. The minimum Gasteiger partial charge on any atom is -0.324 e. The van der Waals surface area contributed by atoms with Gasteiger partial charge >= 0.3 is 0 Å². The van der Waals surface area contributed by atoms with Crippen LogP contribution in [0.2, 0.25) is 5.02 Å². The van der Waals surface area contributed by atoms with E-state index in [0.29, 0.717) is 28.9 Å². The molecule has 0 fully saturated rings. The summed E-state index contributed by atoms with van der Waals surface area (Å²) in [5, 5.41) is 7.99. The van der Waals surface area contributed by atoms with Gasteiger partial charge in [0.1, 0.15) is 12.2 Å². The molecule has 1 unspecified atom stereocenters. The molecular formula is C24H27ClN6O. The first-order valence-corrected chi connectivity index (χ1v) is 11.1. The van der Waals surface area contributed by atoms with Crippen LogP contribution in [0.3, 0.4) is 0 Å². The first kappa shape index (κ1) is 22.2. The fourth-order valence-corrected chi connectivity index (χ4v) is 4.11. The van der Waals surface area contributed by atoms with Gasteiger partial charge in [0, 0.05) is 5.02 Å². The Hall–Kier alpha value is -3.03. The molecule has 32 heavy (non-hydrogen) atoms. The Morgan fingerprint density at radius 3 is 2.81 bits per heavy atom. The monoisotopic (exact) mass is 450 g/mol. The van der Waals surface area contributed by atoms with Crippen LogP contribution in [0.4, 0.5) is 11.4 Å². The molecule has 1 aliphatic rings. The molecule has 1 amide bonds. The number of halogens is 1. The summed E-state index contributed by atoms with van der Waals surface area (Å²) in [7, 11) is 3.98. The van der Waals surface area contributed by atoms with Crippen LogP contribution >= 0.6 is 11.6 Å². The van der Waals surface area contributed by atoms with Crippen molar-refractivity contribution in [2.45, 2.75) is 39.2 Å². The van der Waals surface area contributed by atoms with Gasteiger partial charge < -0.3 is 10.2 Å². The summed E-state index contributed by atoms with van der Waals surface area (Å²) in [6.45, 7) is 4.93. The average Bonchev–Trinajstić information content (AvgIpc) is 3.14. The summed E-state index contributed by atoms with van der Waals surface area (Å²) in [6, 6.07) is 11.7. The number of carbonyl (C=O) groups is 1. The van der Waals surface area contributed by atoms with E-state index in [1.54, 1.807) is 6.33 Å². The molecule has 2 aromatic carbocycles. The minimum atomic E-state index is -0.116. The van der Waals surface area contributed by atoms with E-state index in [0.717, 1.165) is 34.7 Å². The second-order valence-electron chi connectivity index (χ2n) is 8.36. The van der Waals surface area contributed by atoms with Gasteiger partial charge in [-0.2, -0.15) is 5.10 Å². The van der Waals surface area contributed by atoms with E-state index in [1.165, 1.54) is 0 Å². The minimum absolute atomic E-state index is 0.116. The highest BCUT2D eigenvalue weighted by Crippen LogP contribution is 2.38. The van der Waals surface area contributed by atoms with Crippen molar-refractivity contribution in [1.82, 2.24) is 19.7 Å². The highest BCUT2D eigenvalue weighted by atomic mass is 35.5. The van der Waals surface area contributed by atoms with Crippen molar-refractivity contribution in [3.8, 4) is 5.69 Å². The maximum absolute atomic E-state index is 12.6. The normalized spacial score (nSPS) is 14.6. The predicted octanol–water partition coefficient (Wildman–Crippen LogP) is 4.96. The number of aromatic nitrogens is 3. The number of hydrogen-bond acceptors (Lipinski definition) is 5. The summed E-state index contributed by atoms with van der Waals surface area (Å²) in [6.07, 6.45) is 2.70. The van der Waals surface area contributed by atoms with Crippen LogP contribution in [0.25, 0.3) is 5.69 Å². The predicted molar refractivity (Wildman–Crippen MR) is 128 cm³/mol. The number of benzene rings is 2. The SMILES string of the molecule is CCC(C)c1cc2c(cc1Cl)NC(=O)CC(c1cccc(-n3ncnc3CN(C)C)c1)=N2.